The smallest absolute Gasteiger partial charge is 0.231 e. The quantitative estimate of drug-likeness (QED) is 0.402. The minimum atomic E-state index is -0.146. The SMILES string of the molecule is CCOc1ccc(OCc2ccc(/C=C/C(=O)c3ccc4c(c3)OCO4)o2)cc1. The van der Waals surface area contributed by atoms with E-state index in [4.69, 9.17) is 23.4 Å². The lowest BCUT2D eigenvalue weighted by Gasteiger charge is -2.06. The van der Waals surface area contributed by atoms with Gasteiger partial charge in [0.2, 0.25) is 6.79 Å². The third kappa shape index (κ3) is 4.60. The maximum Gasteiger partial charge on any atom is 0.231 e. The topological polar surface area (TPSA) is 67.1 Å². The number of carbonyl (C=O) groups is 1. The Balaban J connectivity index is 1.33. The van der Waals surface area contributed by atoms with Crippen molar-refractivity contribution < 1.29 is 28.2 Å². The Morgan fingerprint density at radius 1 is 0.966 bits per heavy atom. The van der Waals surface area contributed by atoms with Crippen molar-refractivity contribution in [2.75, 3.05) is 13.4 Å². The molecular weight excluding hydrogens is 372 g/mol. The minimum absolute atomic E-state index is 0.146. The van der Waals surface area contributed by atoms with Crippen molar-refractivity contribution >= 4 is 11.9 Å². The van der Waals surface area contributed by atoms with E-state index in [1.165, 1.54) is 6.08 Å². The Kier molecular flexibility index (Phi) is 5.52. The highest BCUT2D eigenvalue weighted by atomic mass is 16.7. The molecule has 4 rings (SSSR count). The highest BCUT2D eigenvalue weighted by Crippen LogP contribution is 2.32. The summed E-state index contributed by atoms with van der Waals surface area (Å²) in [6.45, 7) is 3.03. The van der Waals surface area contributed by atoms with E-state index in [1.54, 1.807) is 30.3 Å². The number of ether oxygens (including phenoxy) is 4. The number of furan rings is 1. The van der Waals surface area contributed by atoms with Crippen molar-refractivity contribution in [3.63, 3.8) is 0 Å². The van der Waals surface area contributed by atoms with E-state index >= 15 is 0 Å². The van der Waals surface area contributed by atoms with Crippen molar-refractivity contribution in [1.29, 1.82) is 0 Å². The fraction of sp³-hybridized carbons (Fsp3) is 0.174. The predicted molar refractivity (Wildman–Crippen MR) is 107 cm³/mol. The first-order valence-electron chi connectivity index (χ1n) is 9.27. The summed E-state index contributed by atoms with van der Waals surface area (Å²) in [7, 11) is 0. The molecule has 0 bridgehead atoms. The summed E-state index contributed by atoms with van der Waals surface area (Å²) in [6, 6.07) is 16.1. The van der Waals surface area contributed by atoms with Gasteiger partial charge in [-0.2, -0.15) is 0 Å². The van der Waals surface area contributed by atoms with E-state index in [2.05, 4.69) is 0 Å². The molecule has 0 radical (unpaired) electrons. The van der Waals surface area contributed by atoms with Crippen LogP contribution < -0.4 is 18.9 Å². The Morgan fingerprint density at radius 2 is 1.72 bits per heavy atom. The molecule has 1 aliphatic heterocycles. The van der Waals surface area contributed by atoms with E-state index in [9.17, 15) is 4.79 Å². The third-order valence-electron chi connectivity index (χ3n) is 4.25. The first-order valence-corrected chi connectivity index (χ1v) is 9.27. The van der Waals surface area contributed by atoms with Crippen LogP contribution in [-0.2, 0) is 6.61 Å². The third-order valence-corrected chi connectivity index (χ3v) is 4.25. The molecule has 0 amide bonds. The van der Waals surface area contributed by atoms with E-state index < -0.39 is 0 Å². The molecule has 0 fully saturated rings. The van der Waals surface area contributed by atoms with Gasteiger partial charge in [-0.1, -0.05) is 0 Å². The van der Waals surface area contributed by atoms with Gasteiger partial charge in [-0.25, -0.2) is 0 Å². The standard InChI is InChI=1S/C23H20O6/c1-2-25-17-4-6-18(7-5-17)26-14-20-9-8-19(29-20)10-11-21(24)16-3-12-22-23(13-16)28-15-27-22/h3-13H,2,14-15H2,1H3/b11-10+. The monoisotopic (exact) mass is 392 g/mol. The summed E-state index contributed by atoms with van der Waals surface area (Å²) in [4.78, 5) is 12.3. The van der Waals surface area contributed by atoms with Gasteiger partial charge in [-0.15, -0.1) is 0 Å². The molecule has 0 atom stereocenters. The minimum Gasteiger partial charge on any atom is -0.494 e. The molecule has 0 saturated heterocycles. The van der Waals surface area contributed by atoms with Crippen LogP contribution in [0, 0.1) is 0 Å². The predicted octanol–water partition coefficient (Wildman–Crippen LogP) is 4.88. The van der Waals surface area contributed by atoms with Crippen LogP contribution in [0.2, 0.25) is 0 Å². The Morgan fingerprint density at radius 3 is 2.52 bits per heavy atom. The van der Waals surface area contributed by atoms with Gasteiger partial charge < -0.3 is 23.4 Å². The second-order valence-corrected chi connectivity index (χ2v) is 6.26. The van der Waals surface area contributed by atoms with Crippen molar-refractivity contribution in [1.82, 2.24) is 0 Å². The number of fused-ring (bicyclic) bond motifs is 1. The van der Waals surface area contributed by atoms with Crippen LogP contribution in [0.3, 0.4) is 0 Å². The van der Waals surface area contributed by atoms with Crippen LogP contribution in [-0.4, -0.2) is 19.2 Å². The Hall–Kier alpha value is -3.67. The molecule has 0 aliphatic carbocycles. The largest absolute Gasteiger partial charge is 0.494 e. The molecule has 1 aliphatic rings. The normalized spacial score (nSPS) is 12.3. The molecule has 1 aromatic heterocycles. The van der Waals surface area contributed by atoms with Gasteiger partial charge in [0.1, 0.15) is 29.6 Å². The number of hydrogen-bond donors (Lipinski definition) is 0. The van der Waals surface area contributed by atoms with Gasteiger partial charge in [0.15, 0.2) is 17.3 Å². The second-order valence-electron chi connectivity index (χ2n) is 6.26. The average molecular weight is 392 g/mol. The van der Waals surface area contributed by atoms with Crippen LogP contribution in [0.4, 0.5) is 0 Å². The highest BCUT2D eigenvalue weighted by molar-refractivity contribution is 6.07. The van der Waals surface area contributed by atoms with Gasteiger partial charge in [-0.3, -0.25) is 4.79 Å². The van der Waals surface area contributed by atoms with Gasteiger partial charge in [0.05, 0.1) is 6.61 Å². The molecular formula is C23H20O6. The molecule has 6 nitrogen and oxygen atoms in total. The van der Waals surface area contributed by atoms with Crippen molar-refractivity contribution in [3.05, 3.63) is 77.8 Å². The maximum atomic E-state index is 12.3. The lowest BCUT2D eigenvalue weighted by Crippen LogP contribution is -1.95. The molecule has 6 heteroatoms. The maximum absolute atomic E-state index is 12.3. The average Bonchev–Trinajstić information content (AvgIpc) is 3.40. The lowest BCUT2D eigenvalue weighted by molar-refractivity contribution is 0.104. The van der Waals surface area contributed by atoms with Crippen LogP contribution >= 0.6 is 0 Å². The fourth-order valence-electron chi connectivity index (χ4n) is 2.82. The number of ketones is 1. The van der Waals surface area contributed by atoms with Crippen LogP contribution in [0.1, 0.15) is 28.8 Å². The lowest BCUT2D eigenvalue weighted by atomic mass is 10.1. The number of rotatable bonds is 8. The van der Waals surface area contributed by atoms with E-state index in [-0.39, 0.29) is 19.2 Å². The first-order chi connectivity index (χ1) is 14.2. The highest BCUT2D eigenvalue weighted by Gasteiger charge is 2.15. The Bertz CT molecular complexity index is 1020. The summed E-state index contributed by atoms with van der Waals surface area (Å²) in [5.41, 5.74) is 0.524. The molecule has 29 heavy (non-hydrogen) atoms. The molecule has 0 unspecified atom stereocenters. The van der Waals surface area contributed by atoms with Crippen LogP contribution in [0.25, 0.3) is 6.08 Å². The number of allylic oxidation sites excluding steroid dienone is 1. The molecule has 3 aromatic rings. The zero-order valence-electron chi connectivity index (χ0n) is 15.9. The number of hydrogen-bond acceptors (Lipinski definition) is 6. The van der Waals surface area contributed by atoms with Gasteiger partial charge in [0.25, 0.3) is 0 Å². The van der Waals surface area contributed by atoms with E-state index in [0.29, 0.717) is 35.2 Å². The summed E-state index contributed by atoms with van der Waals surface area (Å²) >= 11 is 0. The van der Waals surface area contributed by atoms with E-state index in [0.717, 1.165) is 11.5 Å². The number of benzene rings is 2. The van der Waals surface area contributed by atoms with Crippen molar-refractivity contribution in [2.24, 2.45) is 0 Å². The van der Waals surface area contributed by atoms with Gasteiger partial charge >= 0.3 is 0 Å². The second kappa shape index (κ2) is 8.56. The molecule has 0 N–H and O–H groups in total. The molecule has 2 aromatic carbocycles. The first kappa shape index (κ1) is 18.7. The van der Waals surface area contributed by atoms with Gasteiger partial charge in [0, 0.05) is 5.56 Å². The zero-order chi connectivity index (χ0) is 20.1. The summed E-state index contributed by atoms with van der Waals surface area (Å²) < 4.78 is 27.4. The van der Waals surface area contributed by atoms with Crippen LogP contribution in [0.15, 0.2) is 65.1 Å². The summed E-state index contributed by atoms with van der Waals surface area (Å²) in [5.74, 6) is 3.84. The summed E-state index contributed by atoms with van der Waals surface area (Å²) in [6.07, 6.45) is 3.10. The fourth-order valence-corrected chi connectivity index (χ4v) is 2.82. The summed E-state index contributed by atoms with van der Waals surface area (Å²) in [5, 5.41) is 0. The molecule has 0 spiro atoms. The van der Waals surface area contributed by atoms with Crippen molar-refractivity contribution in [3.8, 4) is 23.0 Å². The van der Waals surface area contributed by atoms with E-state index in [1.807, 2.05) is 37.3 Å². The van der Waals surface area contributed by atoms with Crippen molar-refractivity contribution in [2.45, 2.75) is 13.5 Å². The number of carbonyl (C=O) groups excluding carboxylic acids is 1. The Labute approximate surface area is 168 Å². The zero-order valence-corrected chi connectivity index (χ0v) is 15.9. The molecule has 148 valence electrons. The van der Waals surface area contributed by atoms with Crippen LogP contribution in [0.5, 0.6) is 23.0 Å². The molecule has 2 heterocycles. The molecule has 0 saturated carbocycles. The van der Waals surface area contributed by atoms with Gasteiger partial charge in [-0.05, 0) is 73.7 Å².